The average molecular weight is 342 g/mol. The lowest BCUT2D eigenvalue weighted by Crippen LogP contribution is -2.37. The molecule has 2 nitrogen and oxygen atoms in total. The highest BCUT2D eigenvalue weighted by molar-refractivity contribution is 9.10. The molecule has 4 heteroatoms. The highest BCUT2D eigenvalue weighted by Gasteiger charge is 2.31. The number of halogens is 1. The first-order valence-electron chi connectivity index (χ1n) is 6.96. The molecule has 0 radical (unpaired) electrons. The van der Waals surface area contributed by atoms with Gasteiger partial charge in [0.2, 0.25) is 0 Å². The minimum absolute atomic E-state index is 0.421. The third-order valence-corrected chi connectivity index (χ3v) is 6.07. The van der Waals surface area contributed by atoms with E-state index < -0.39 is 0 Å². The summed E-state index contributed by atoms with van der Waals surface area (Å²) in [4.78, 5) is 0. The molecule has 0 bridgehead atoms. The Morgan fingerprint density at radius 2 is 2.42 bits per heavy atom. The van der Waals surface area contributed by atoms with Crippen LogP contribution in [0.15, 0.2) is 22.7 Å². The molecule has 2 aliphatic rings. The SMILES string of the molecule is CC1(CNC2CCOc3ccc(Br)cc32)CCCS1. The maximum absolute atomic E-state index is 5.74. The van der Waals surface area contributed by atoms with Crippen LogP contribution in [0.1, 0.15) is 37.8 Å². The molecule has 1 aromatic carbocycles. The second kappa shape index (κ2) is 5.66. The predicted octanol–water partition coefficient (Wildman–Crippen LogP) is 4.15. The fourth-order valence-corrected chi connectivity index (χ4v) is 4.53. The van der Waals surface area contributed by atoms with E-state index in [2.05, 4.69) is 58.1 Å². The number of thioether (sulfide) groups is 1. The van der Waals surface area contributed by atoms with Gasteiger partial charge in [0.25, 0.3) is 0 Å². The van der Waals surface area contributed by atoms with E-state index in [1.165, 1.54) is 24.2 Å². The van der Waals surface area contributed by atoms with E-state index in [4.69, 9.17) is 4.74 Å². The van der Waals surface area contributed by atoms with Crippen LogP contribution in [-0.4, -0.2) is 23.7 Å². The number of fused-ring (bicyclic) bond motifs is 1. The van der Waals surface area contributed by atoms with Gasteiger partial charge in [-0.25, -0.2) is 0 Å². The monoisotopic (exact) mass is 341 g/mol. The zero-order valence-electron chi connectivity index (χ0n) is 11.2. The fourth-order valence-electron chi connectivity index (χ4n) is 2.89. The van der Waals surface area contributed by atoms with E-state index in [9.17, 15) is 0 Å². The van der Waals surface area contributed by atoms with Gasteiger partial charge in [0.05, 0.1) is 6.61 Å². The summed E-state index contributed by atoms with van der Waals surface area (Å²) in [6.07, 6.45) is 3.75. The molecule has 0 aliphatic carbocycles. The van der Waals surface area contributed by atoms with Crippen LogP contribution in [0.5, 0.6) is 5.75 Å². The summed E-state index contributed by atoms with van der Waals surface area (Å²) in [7, 11) is 0. The smallest absolute Gasteiger partial charge is 0.124 e. The maximum atomic E-state index is 5.74. The molecule has 1 N–H and O–H groups in total. The average Bonchev–Trinajstić information content (AvgIpc) is 2.84. The fraction of sp³-hybridized carbons (Fsp3) is 0.600. The van der Waals surface area contributed by atoms with Crippen molar-refractivity contribution < 1.29 is 4.74 Å². The van der Waals surface area contributed by atoms with Gasteiger partial charge in [-0.3, -0.25) is 0 Å². The van der Waals surface area contributed by atoms with Crippen molar-refractivity contribution in [2.45, 2.75) is 37.0 Å². The zero-order valence-corrected chi connectivity index (χ0v) is 13.6. The topological polar surface area (TPSA) is 21.3 Å². The minimum Gasteiger partial charge on any atom is -0.493 e. The summed E-state index contributed by atoms with van der Waals surface area (Å²) in [5.74, 6) is 2.35. The van der Waals surface area contributed by atoms with Crippen molar-refractivity contribution in [3.63, 3.8) is 0 Å². The lowest BCUT2D eigenvalue weighted by Gasteiger charge is -2.31. The molecule has 1 saturated heterocycles. The Bertz CT molecular complexity index is 459. The summed E-state index contributed by atoms with van der Waals surface area (Å²) in [6, 6.07) is 6.74. The van der Waals surface area contributed by atoms with E-state index in [1.807, 2.05) is 0 Å². The molecule has 2 unspecified atom stereocenters. The lowest BCUT2D eigenvalue weighted by molar-refractivity contribution is 0.250. The Morgan fingerprint density at radius 1 is 1.53 bits per heavy atom. The number of rotatable bonds is 3. The van der Waals surface area contributed by atoms with Gasteiger partial charge >= 0.3 is 0 Å². The minimum atomic E-state index is 0.421. The first-order chi connectivity index (χ1) is 9.16. The first-order valence-corrected chi connectivity index (χ1v) is 8.74. The third-order valence-electron chi connectivity index (χ3n) is 4.03. The van der Waals surface area contributed by atoms with E-state index in [0.29, 0.717) is 10.8 Å². The normalized spacial score (nSPS) is 29.9. The molecule has 2 aliphatic heterocycles. The Hall–Kier alpha value is -0.190. The van der Waals surface area contributed by atoms with Crippen LogP contribution in [0.3, 0.4) is 0 Å². The molecule has 2 atom stereocenters. The Morgan fingerprint density at radius 3 is 3.21 bits per heavy atom. The van der Waals surface area contributed by atoms with Crippen LogP contribution in [0.4, 0.5) is 0 Å². The molecule has 0 amide bonds. The largest absolute Gasteiger partial charge is 0.493 e. The molecule has 2 heterocycles. The number of hydrogen-bond donors (Lipinski definition) is 1. The molecular weight excluding hydrogens is 322 g/mol. The Labute approximate surface area is 127 Å². The van der Waals surface area contributed by atoms with Crippen molar-refractivity contribution in [3.05, 3.63) is 28.2 Å². The van der Waals surface area contributed by atoms with Gasteiger partial charge in [-0.2, -0.15) is 11.8 Å². The van der Waals surface area contributed by atoms with Crippen molar-refractivity contribution in [1.29, 1.82) is 0 Å². The predicted molar refractivity (Wildman–Crippen MR) is 85.1 cm³/mol. The standard InChI is InChI=1S/C15H20BrNOS/c1-15(6-2-8-19-15)10-17-13-5-7-18-14-4-3-11(16)9-12(13)14/h3-4,9,13,17H,2,5-8,10H2,1H3. The second-order valence-electron chi connectivity index (χ2n) is 5.65. The van der Waals surface area contributed by atoms with Gasteiger partial charge in [0, 0.05) is 33.8 Å². The summed E-state index contributed by atoms with van der Waals surface area (Å²) in [5.41, 5.74) is 1.30. The Kier molecular flexibility index (Phi) is 4.11. The highest BCUT2D eigenvalue weighted by atomic mass is 79.9. The van der Waals surface area contributed by atoms with Gasteiger partial charge < -0.3 is 10.1 Å². The van der Waals surface area contributed by atoms with Gasteiger partial charge in [0.1, 0.15) is 5.75 Å². The van der Waals surface area contributed by atoms with Gasteiger partial charge in [-0.1, -0.05) is 15.9 Å². The van der Waals surface area contributed by atoms with Crippen molar-refractivity contribution in [3.8, 4) is 5.75 Å². The Balaban J connectivity index is 1.71. The first kappa shape index (κ1) is 13.8. The van der Waals surface area contributed by atoms with Crippen LogP contribution < -0.4 is 10.1 Å². The summed E-state index contributed by atoms with van der Waals surface area (Å²) in [5, 5.41) is 3.77. The van der Waals surface area contributed by atoms with Gasteiger partial charge in [-0.05, 0) is 43.7 Å². The molecule has 19 heavy (non-hydrogen) atoms. The van der Waals surface area contributed by atoms with Crippen LogP contribution in [0, 0.1) is 0 Å². The molecule has 0 aromatic heterocycles. The number of hydrogen-bond acceptors (Lipinski definition) is 3. The van der Waals surface area contributed by atoms with Crippen molar-refractivity contribution >= 4 is 27.7 Å². The molecule has 3 rings (SSSR count). The van der Waals surface area contributed by atoms with Crippen LogP contribution in [0.25, 0.3) is 0 Å². The third kappa shape index (κ3) is 3.11. The lowest BCUT2D eigenvalue weighted by atomic mass is 9.99. The highest BCUT2D eigenvalue weighted by Crippen LogP contribution is 2.39. The maximum Gasteiger partial charge on any atom is 0.124 e. The summed E-state index contributed by atoms with van der Waals surface area (Å²) >= 11 is 5.67. The zero-order chi connectivity index (χ0) is 13.3. The molecular formula is C15H20BrNOS. The van der Waals surface area contributed by atoms with Gasteiger partial charge in [0.15, 0.2) is 0 Å². The van der Waals surface area contributed by atoms with E-state index in [-0.39, 0.29) is 0 Å². The molecule has 0 spiro atoms. The van der Waals surface area contributed by atoms with Gasteiger partial charge in [-0.15, -0.1) is 0 Å². The second-order valence-corrected chi connectivity index (χ2v) is 8.25. The quantitative estimate of drug-likeness (QED) is 0.892. The molecule has 104 valence electrons. The van der Waals surface area contributed by atoms with Crippen molar-refractivity contribution in [2.24, 2.45) is 0 Å². The number of nitrogens with one attached hydrogen (secondary N) is 1. The van der Waals surface area contributed by atoms with Crippen LogP contribution in [0.2, 0.25) is 0 Å². The number of benzene rings is 1. The summed E-state index contributed by atoms with van der Waals surface area (Å²) in [6.45, 7) is 4.29. The van der Waals surface area contributed by atoms with E-state index >= 15 is 0 Å². The molecule has 0 saturated carbocycles. The van der Waals surface area contributed by atoms with Crippen LogP contribution in [-0.2, 0) is 0 Å². The molecule has 1 fully saturated rings. The van der Waals surface area contributed by atoms with E-state index in [0.717, 1.165) is 29.8 Å². The number of ether oxygens (including phenoxy) is 1. The van der Waals surface area contributed by atoms with Crippen molar-refractivity contribution in [2.75, 3.05) is 18.9 Å². The van der Waals surface area contributed by atoms with Crippen molar-refractivity contribution in [1.82, 2.24) is 5.32 Å². The molecule has 1 aromatic rings. The van der Waals surface area contributed by atoms with E-state index in [1.54, 1.807) is 0 Å². The summed E-state index contributed by atoms with van der Waals surface area (Å²) < 4.78 is 7.29. The van der Waals surface area contributed by atoms with Crippen LogP contribution >= 0.6 is 27.7 Å².